The Labute approximate surface area is 200 Å². The highest BCUT2D eigenvalue weighted by atomic mass is 32.2. The summed E-state index contributed by atoms with van der Waals surface area (Å²) in [6, 6.07) is 9.35. The average molecular weight is 490 g/mol. The predicted molar refractivity (Wildman–Crippen MR) is 130 cm³/mol. The van der Waals surface area contributed by atoms with Crippen LogP contribution in [0.3, 0.4) is 0 Å². The van der Waals surface area contributed by atoms with Crippen molar-refractivity contribution in [3.63, 3.8) is 0 Å². The van der Waals surface area contributed by atoms with Crippen molar-refractivity contribution in [1.29, 1.82) is 0 Å². The maximum absolute atomic E-state index is 14.0. The summed E-state index contributed by atoms with van der Waals surface area (Å²) in [6.45, 7) is 6.21. The summed E-state index contributed by atoms with van der Waals surface area (Å²) in [5.74, 6) is -2.17. The molecule has 34 heavy (non-hydrogen) atoms. The zero-order chi connectivity index (χ0) is 24.9. The minimum absolute atomic E-state index is 0.151. The molecule has 1 heterocycles. The second-order valence-corrected chi connectivity index (χ2v) is 10.9. The monoisotopic (exact) mass is 489 g/mol. The summed E-state index contributed by atoms with van der Waals surface area (Å²) >= 11 is 0. The van der Waals surface area contributed by atoms with Gasteiger partial charge in [-0.15, -0.1) is 0 Å². The summed E-state index contributed by atoms with van der Waals surface area (Å²) in [4.78, 5) is 25.7. The van der Waals surface area contributed by atoms with Gasteiger partial charge in [0, 0.05) is 18.8 Å². The van der Waals surface area contributed by atoms with Crippen LogP contribution in [0.1, 0.15) is 55.5 Å². The molecule has 184 valence electrons. The van der Waals surface area contributed by atoms with Gasteiger partial charge >= 0.3 is 0 Å². The van der Waals surface area contributed by atoms with Crippen molar-refractivity contribution in [1.82, 2.24) is 9.62 Å². The molecule has 0 unspecified atom stereocenters. The van der Waals surface area contributed by atoms with E-state index in [1.54, 1.807) is 39.0 Å². The van der Waals surface area contributed by atoms with E-state index in [1.165, 1.54) is 28.6 Å². The van der Waals surface area contributed by atoms with E-state index in [-0.39, 0.29) is 16.4 Å². The van der Waals surface area contributed by atoms with Crippen LogP contribution in [0, 0.1) is 18.7 Å². The number of carbonyl (C=O) groups is 2. The highest BCUT2D eigenvalue weighted by molar-refractivity contribution is 7.89. The molecule has 7 nitrogen and oxygen atoms in total. The van der Waals surface area contributed by atoms with Gasteiger partial charge in [-0.2, -0.15) is 4.31 Å². The molecule has 2 N–H and O–H groups in total. The Morgan fingerprint density at radius 1 is 1.00 bits per heavy atom. The lowest BCUT2D eigenvalue weighted by Crippen LogP contribution is -2.47. The normalized spacial score (nSPS) is 16.0. The van der Waals surface area contributed by atoms with E-state index < -0.39 is 33.7 Å². The number of benzene rings is 2. The Kier molecular flexibility index (Phi) is 8.43. The molecule has 0 aromatic heterocycles. The standard InChI is InChI=1S/C25H32FN3O4S/c1-17(2)23(28-24(30)20-10-6-7-11-21(20)26)25(31)27-19-13-12-18(3)22(16-19)34(32,33)29-14-8-4-5-9-15-29/h6-7,10-13,16-17,23H,4-5,8-9,14-15H2,1-3H3,(H,27,31)(H,28,30)/t23-/m0/s1. The molecule has 0 radical (unpaired) electrons. The molecule has 1 atom stereocenters. The third kappa shape index (κ3) is 6.01. The van der Waals surface area contributed by atoms with Crippen LogP contribution in [0.5, 0.6) is 0 Å². The number of amides is 2. The van der Waals surface area contributed by atoms with Crippen LogP contribution < -0.4 is 10.6 Å². The second-order valence-electron chi connectivity index (χ2n) is 8.96. The number of halogens is 1. The van der Waals surface area contributed by atoms with Crippen LogP contribution in [0.15, 0.2) is 47.4 Å². The quantitative estimate of drug-likeness (QED) is 0.612. The first-order valence-corrected chi connectivity index (χ1v) is 13.0. The van der Waals surface area contributed by atoms with Gasteiger partial charge in [-0.05, 0) is 55.5 Å². The molecule has 1 aliphatic rings. The Morgan fingerprint density at radius 3 is 2.26 bits per heavy atom. The van der Waals surface area contributed by atoms with Crippen LogP contribution in [0.25, 0.3) is 0 Å². The third-order valence-corrected chi connectivity index (χ3v) is 8.03. The van der Waals surface area contributed by atoms with E-state index in [2.05, 4.69) is 10.6 Å². The van der Waals surface area contributed by atoms with Crippen molar-refractivity contribution in [2.75, 3.05) is 18.4 Å². The lowest BCUT2D eigenvalue weighted by molar-refractivity contribution is -0.118. The fourth-order valence-electron chi connectivity index (χ4n) is 4.00. The zero-order valence-electron chi connectivity index (χ0n) is 19.8. The van der Waals surface area contributed by atoms with Gasteiger partial charge in [0.25, 0.3) is 5.91 Å². The Balaban J connectivity index is 1.80. The van der Waals surface area contributed by atoms with Crippen molar-refractivity contribution >= 4 is 27.5 Å². The summed E-state index contributed by atoms with van der Waals surface area (Å²) in [6.07, 6.45) is 3.67. The van der Waals surface area contributed by atoms with Gasteiger partial charge < -0.3 is 10.6 Å². The van der Waals surface area contributed by atoms with Crippen molar-refractivity contribution in [3.8, 4) is 0 Å². The van der Waals surface area contributed by atoms with E-state index in [9.17, 15) is 22.4 Å². The average Bonchev–Trinajstić information content (AvgIpc) is 3.09. The molecule has 0 spiro atoms. The SMILES string of the molecule is Cc1ccc(NC(=O)[C@@H](NC(=O)c2ccccc2F)C(C)C)cc1S(=O)(=O)N1CCCCCC1. The maximum atomic E-state index is 14.0. The molecule has 0 bridgehead atoms. The highest BCUT2D eigenvalue weighted by Crippen LogP contribution is 2.26. The number of sulfonamides is 1. The minimum Gasteiger partial charge on any atom is -0.340 e. The van der Waals surface area contributed by atoms with Gasteiger partial charge in [0.15, 0.2) is 0 Å². The molecule has 1 aliphatic heterocycles. The van der Waals surface area contributed by atoms with Crippen LogP contribution in [-0.4, -0.2) is 43.7 Å². The summed E-state index contributed by atoms with van der Waals surface area (Å²) in [5.41, 5.74) is 0.757. The number of hydrogen-bond acceptors (Lipinski definition) is 4. The maximum Gasteiger partial charge on any atom is 0.254 e. The van der Waals surface area contributed by atoms with Crippen LogP contribution in [-0.2, 0) is 14.8 Å². The number of rotatable bonds is 7. The lowest BCUT2D eigenvalue weighted by Gasteiger charge is -2.23. The molecule has 1 saturated heterocycles. The molecule has 1 fully saturated rings. The number of hydrogen-bond donors (Lipinski definition) is 2. The largest absolute Gasteiger partial charge is 0.340 e. The molecule has 9 heteroatoms. The summed E-state index contributed by atoms with van der Waals surface area (Å²) in [5, 5.41) is 5.31. The van der Waals surface area contributed by atoms with Crippen molar-refractivity contribution < 1.29 is 22.4 Å². The number of anilines is 1. The van der Waals surface area contributed by atoms with Gasteiger partial charge in [-0.1, -0.05) is 44.9 Å². The fraction of sp³-hybridized carbons (Fsp3) is 0.440. The first kappa shape index (κ1) is 25.8. The molecule has 0 saturated carbocycles. The predicted octanol–water partition coefficient (Wildman–Crippen LogP) is 4.09. The van der Waals surface area contributed by atoms with Crippen LogP contribution in [0.4, 0.5) is 10.1 Å². The highest BCUT2D eigenvalue weighted by Gasteiger charge is 2.29. The van der Waals surface area contributed by atoms with Crippen molar-refractivity contribution in [3.05, 3.63) is 59.4 Å². The molecular weight excluding hydrogens is 457 g/mol. The third-order valence-electron chi connectivity index (χ3n) is 5.99. The van der Waals surface area contributed by atoms with Gasteiger partial charge in [-0.3, -0.25) is 9.59 Å². The van der Waals surface area contributed by atoms with E-state index in [4.69, 9.17) is 0 Å². The van der Waals surface area contributed by atoms with Gasteiger partial charge in [0.05, 0.1) is 10.5 Å². The van der Waals surface area contributed by atoms with Gasteiger partial charge in [0.2, 0.25) is 15.9 Å². The molecule has 3 rings (SSSR count). The number of aryl methyl sites for hydroxylation is 1. The number of nitrogens with zero attached hydrogens (tertiary/aromatic N) is 1. The first-order valence-electron chi connectivity index (χ1n) is 11.6. The molecule has 0 aliphatic carbocycles. The Bertz CT molecular complexity index is 1140. The van der Waals surface area contributed by atoms with Crippen LogP contribution in [0.2, 0.25) is 0 Å². The van der Waals surface area contributed by atoms with Crippen LogP contribution >= 0.6 is 0 Å². The Hall–Kier alpha value is -2.78. The first-order chi connectivity index (χ1) is 16.1. The fourth-order valence-corrected chi connectivity index (χ4v) is 5.76. The number of nitrogens with one attached hydrogen (secondary N) is 2. The second kappa shape index (κ2) is 11.1. The van der Waals surface area contributed by atoms with E-state index in [1.807, 2.05) is 0 Å². The van der Waals surface area contributed by atoms with Gasteiger partial charge in [-0.25, -0.2) is 12.8 Å². The molecule has 2 aromatic rings. The summed E-state index contributed by atoms with van der Waals surface area (Å²) < 4.78 is 42.1. The Morgan fingerprint density at radius 2 is 1.65 bits per heavy atom. The molecular formula is C25H32FN3O4S. The van der Waals surface area contributed by atoms with Gasteiger partial charge in [0.1, 0.15) is 11.9 Å². The van der Waals surface area contributed by atoms with E-state index >= 15 is 0 Å². The van der Waals surface area contributed by atoms with Crippen molar-refractivity contribution in [2.24, 2.45) is 5.92 Å². The molecule has 2 amide bonds. The van der Waals surface area contributed by atoms with Crippen molar-refractivity contribution in [2.45, 2.75) is 57.4 Å². The number of carbonyl (C=O) groups excluding carboxylic acids is 2. The molecule has 2 aromatic carbocycles. The smallest absolute Gasteiger partial charge is 0.254 e. The summed E-state index contributed by atoms with van der Waals surface area (Å²) in [7, 11) is -3.70. The van der Waals surface area contributed by atoms with E-state index in [0.29, 0.717) is 24.3 Å². The van der Waals surface area contributed by atoms with E-state index in [0.717, 1.165) is 25.7 Å². The topological polar surface area (TPSA) is 95.6 Å². The minimum atomic E-state index is -3.70. The zero-order valence-corrected chi connectivity index (χ0v) is 20.6. The lowest BCUT2D eigenvalue weighted by atomic mass is 10.0.